The molecule has 0 N–H and O–H groups in total. The number of amides is 1. The fourth-order valence-electron chi connectivity index (χ4n) is 2.81. The van der Waals surface area contributed by atoms with E-state index in [1.165, 1.54) is 18.2 Å². The van der Waals surface area contributed by atoms with E-state index >= 15 is 0 Å². The summed E-state index contributed by atoms with van der Waals surface area (Å²) in [6, 6.07) is 7.46. The number of halogens is 2. The van der Waals surface area contributed by atoms with Crippen LogP contribution < -0.4 is 4.74 Å². The molecule has 1 fully saturated rings. The van der Waals surface area contributed by atoms with Gasteiger partial charge in [0.05, 0.1) is 18.2 Å². The zero-order valence-corrected chi connectivity index (χ0v) is 15.9. The first-order valence-electron chi connectivity index (χ1n) is 8.81. The van der Waals surface area contributed by atoms with E-state index in [2.05, 4.69) is 15.1 Å². The van der Waals surface area contributed by atoms with Crippen molar-refractivity contribution < 1.29 is 23.2 Å². The van der Waals surface area contributed by atoms with Crippen molar-refractivity contribution in [2.24, 2.45) is 0 Å². The van der Waals surface area contributed by atoms with Crippen molar-refractivity contribution in [2.75, 3.05) is 26.3 Å². The maximum Gasteiger partial charge on any atom is 0.260 e. The Morgan fingerprint density at radius 3 is 2.93 bits per heavy atom. The van der Waals surface area contributed by atoms with Crippen molar-refractivity contribution >= 4 is 17.5 Å². The normalized spacial score (nSPS) is 16.6. The van der Waals surface area contributed by atoms with Crippen LogP contribution in [0.5, 0.6) is 5.75 Å². The van der Waals surface area contributed by atoms with Crippen LogP contribution in [0.1, 0.15) is 12.0 Å². The van der Waals surface area contributed by atoms with Gasteiger partial charge in [-0.1, -0.05) is 16.8 Å². The van der Waals surface area contributed by atoms with Crippen LogP contribution in [0.15, 0.2) is 47.2 Å². The van der Waals surface area contributed by atoms with Gasteiger partial charge < -0.3 is 18.9 Å². The summed E-state index contributed by atoms with van der Waals surface area (Å²) in [6.45, 7) is 0.783. The Morgan fingerprint density at radius 1 is 1.31 bits per heavy atom. The van der Waals surface area contributed by atoms with Crippen molar-refractivity contribution in [3.63, 3.8) is 0 Å². The van der Waals surface area contributed by atoms with Crippen LogP contribution in [-0.4, -0.2) is 52.2 Å². The molecule has 1 saturated heterocycles. The van der Waals surface area contributed by atoms with Gasteiger partial charge in [0.15, 0.2) is 12.7 Å². The molecule has 8 nitrogen and oxygen atoms in total. The number of aromatic nitrogens is 3. The summed E-state index contributed by atoms with van der Waals surface area (Å²) in [7, 11) is 0. The van der Waals surface area contributed by atoms with Crippen LogP contribution >= 0.6 is 11.6 Å². The highest BCUT2D eigenvalue weighted by Crippen LogP contribution is 2.24. The van der Waals surface area contributed by atoms with Gasteiger partial charge in [-0.15, -0.1) is 0 Å². The molecule has 0 bridgehead atoms. The van der Waals surface area contributed by atoms with Gasteiger partial charge in [0, 0.05) is 30.6 Å². The number of hydrogen-bond donors (Lipinski definition) is 0. The molecule has 3 aromatic rings. The quantitative estimate of drug-likeness (QED) is 0.629. The van der Waals surface area contributed by atoms with Gasteiger partial charge >= 0.3 is 0 Å². The summed E-state index contributed by atoms with van der Waals surface area (Å²) in [4.78, 5) is 22.4. The average molecular weight is 419 g/mol. The molecule has 4 rings (SSSR count). The van der Waals surface area contributed by atoms with Crippen LogP contribution in [0.2, 0.25) is 5.02 Å². The SMILES string of the molecule is O=C(COc1ccc(F)c(Cl)c1)N1CCO[C@@H](c2nc(-c3ccncc3)no2)C1. The Labute approximate surface area is 170 Å². The smallest absolute Gasteiger partial charge is 0.260 e. The fraction of sp³-hybridized carbons (Fsp3) is 0.263. The van der Waals surface area contributed by atoms with Crippen molar-refractivity contribution in [2.45, 2.75) is 6.10 Å². The molecule has 0 spiro atoms. The summed E-state index contributed by atoms with van der Waals surface area (Å²) in [5.41, 5.74) is 0.769. The molecule has 0 aliphatic carbocycles. The van der Waals surface area contributed by atoms with E-state index in [0.717, 1.165) is 5.56 Å². The topological polar surface area (TPSA) is 90.6 Å². The minimum Gasteiger partial charge on any atom is -0.484 e. The maximum absolute atomic E-state index is 13.2. The molecule has 0 unspecified atom stereocenters. The summed E-state index contributed by atoms with van der Waals surface area (Å²) < 4.78 is 29.6. The number of nitrogens with zero attached hydrogens (tertiary/aromatic N) is 4. The predicted octanol–water partition coefficient (Wildman–Crippen LogP) is 2.90. The number of morpholine rings is 1. The Hall–Kier alpha value is -3.04. The third kappa shape index (κ3) is 4.52. The van der Waals surface area contributed by atoms with Crippen molar-refractivity contribution in [1.29, 1.82) is 0 Å². The fourth-order valence-corrected chi connectivity index (χ4v) is 2.98. The highest BCUT2D eigenvalue weighted by atomic mass is 35.5. The highest BCUT2D eigenvalue weighted by molar-refractivity contribution is 6.30. The molecule has 1 aromatic carbocycles. The van der Waals surface area contributed by atoms with Gasteiger partial charge in [-0.25, -0.2) is 4.39 Å². The van der Waals surface area contributed by atoms with Crippen LogP contribution in [0, 0.1) is 5.82 Å². The number of rotatable bonds is 5. The molecule has 1 aliphatic rings. The van der Waals surface area contributed by atoms with Crippen molar-refractivity contribution in [3.05, 3.63) is 59.5 Å². The first-order valence-corrected chi connectivity index (χ1v) is 9.19. The molecule has 2 aromatic heterocycles. The minimum atomic E-state index is -0.549. The average Bonchev–Trinajstić information content (AvgIpc) is 3.25. The molecule has 10 heteroatoms. The first-order chi connectivity index (χ1) is 14.1. The third-order valence-electron chi connectivity index (χ3n) is 4.33. The van der Waals surface area contributed by atoms with Gasteiger partial charge in [0.2, 0.25) is 5.82 Å². The largest absolute Gasteiger partial charge is 0.484 e. The van der Waals surface area contributed by atoms with Crippen molar-refractivity contribution in [1.82, 2.24) is 20.0 Å². The van der Waals surface area contributed by atoms with E-state index in [-0.39, 0.29) is 24.1 Å². The van der Waals surface area contributed by atoms with Gasteiger partial charge in [-0.3, -0.25) is 9.78 Å². The molecule has 1 amide bonds. The van der Waals surface area contributed by atoms with Crippen LogP contribution in [0.25, 0.3) is 11.4 Å². The van der Waals surface area contributed by atoms with E-state index in [1.54, 1.807) is 29.4 Å². The number of hydrogen-bond acceptors (Lipinski definition) is 7. The maximum atomic E-state index is 13.2. The summed E-state index contributed by atoms with van der Waals surface area (Å²) in [5.74, 6) is 0.236. The van der Waals surface area contributed by atoms with Crippen LogP contribution in [0.3, 0.4) is 0 Å². The first kappa shape index (κ1) is 19.3. The van der Waals surface area contributed by atoms with Gasteiger partial charge in [0.25, 0.3) is 11.8 Å². The number of ether oxygens (including phenoxy) is 2. The van der Waals surface area contributed by atoms with Gasteiger partial charge in [0.1, 0.15) is 11.6 Å². The molecule has 1 atom stereocenters. The highest BCUT2D eigenvalue weighted by Gasteiger charge is 2.29. The van der Waals surface area contributed by atoms with E-state index in [0.29, 0.717) is 30.6 Å². The summed E-state index contributed by atoms with van der Waals surface area (Å²) in [6.07, 6.45) is 2.74. The number of pyridine rings is 1. The number of carbonyl (C=O) groups is 1. The molecular formula is C19H16ClFN4O4. The lowest BCUT2D eigenvalue weighted by atomic mass is 10.2. The van der Waals surface area contributed by atoms with Crippen molar-refractivity contribution in [3.8, 4) is 17.1 Å². The Morgan fingerprint density at radius 2 is 2.14 bits per heavy atom. The van der Waals surface area contributed by atoms with Crippen LogP contribution in [-0.2, 0) is 9.53 Å². The van der Waals surface area contributed by atoms with E-state index in [1.807, 2.05) is 0 Å². The van der Waals surface area contributed by atoms with Gasteiger partial charge in [-0.05, 0) is 24.3 Å². The minimum absolute atomic E-state index is 0.0669. The molecule has 3 heterocycles. The standard InChI is InChI=1S/C19H16ClFN4O4/c20-14-9-13(1-2-15(14)21)28-11-17(26)25-7-8-27-16(10-25)19-23-18(24-29-19)12-3-5-22-6-4-12/h1-6,9,16H,7-8,10-11H2/t16-/m1/s1. The van der Waals surface area contributed by atoms with E-state index in [4.69, 9.17) is 25.6 Å². The van der Waals surface area contributed by atoms with E-state index < -0.39 is 11.9 Å². The monoisotopic (exact) mass is 418 g/mol. The van der Waals surface area contributed by atoms with Crippen LogP contribution in [0.4, 0.5) is 4.39 Å². The molecular weight excluding hydrogens is 403 g/mol. The lowest BCUT2D eigenvalue weighted by molar-refractivity contribution is -0.142. The summed E-state index contributed by atoms with van der Waals surface area (Å²) >= 11 is 5.72. The number of carbonyl (C=O) groups excluding carboxylic acids is 1. The predicted molar refractivity (Wildman–Crippen MR) is 99.7 cm³/mol. The lowest BCUT2D eigenvalue weighted by Gasteiger charge is -2.31. The lowest BCUT2D eigenvalue weighted by Crippen LogP contribution is -2.44. The second kappa shape index (κ2) is 8.54. The Balaban J connectivity index is 1.37. The molecule has 150 valence electrons. The molecule has 0 saturated carbocycles. The third-order valence-corrected chi connectivity index (χ3v) is 4.62. The zero-order chi connectivity index (χ0) is 20.2. The second-order valence-corrected chi connectivity index (χ2v) is 6.66. The second-order valence-electron chi connectivity index (χ2n) is 6.26. The Kier molecular flexibility index (Phi) is 5.68. The number of benzene rings is 1. The Bertz CT molecular complexity index is 1000. The molecule has 0 radical (unpaired) electrons. The summed E-state index contributed by atoms with van der Waals surface area (Å²) in [5, 5.41) is 3.89. The van der Waals surface area contributed by atoms with E-state index in [9.17, 15) is 9.18 Å². The molecule has 29 heavy (non-hydrogen) atoms. The molecule has 1 aliphatic heterocycles. The zero-order valence-electron chi connectivity index (χ0n) is 15.1. The van der Waals surface area contributed by atoms with Gasteiger partial charge in [-0.2, -0.15) is 4.98 Å².